The highest BCUT2D eigenvalue weighted by molar-refractivity contribution is 5.70. The van der Waals surface area contributed by atoms with Crippen molar-refractivity contribution in [3.63, 3.8) is 0 Å². The Morgan fingerprint density at radius 2 is 2.06 bits per heavy atom. The van der Waals surface area contributed by atoms with Crippen LogP contribution in [0.3, 0.4) is 0 Å². The summed E-state index contributed by atoms with van der Waals surface area (Å²) < 4.78 is 10.1. The van der Waals surface area contributed by atoms with Crippen LogP contribution in [0.25, 0.3) is 0 Å². The number of hydrogen-bond donors (Lipinski definition) is 0. The predicted molar refractivity (Wildman–Crippen MR) is 63.6 cm³/mol. The Balaban J connectivity index is 2.03. The molecular formula is C13H15NO3. The van der Waals surface area contributed by atoms with Gasteiger partial charge < -0.3 is 9.47 Å². The fraction of sp³-hybridized carbons (Fsp3) is 0.308. The molecule has 1 amide bonds. The lowest BCUT2D eigenvalue weighted by molar-refractivity contribution is 0.121. The topological polar surface area (TPSA) is 38.8 Å². The molecule has 0 bridgehead atoms. The second-order valence-corrected chi connectivity index (χ2v) is 3.91. The minimum atomic E-state index is -0.291. The number of benzene rings is 1. The van der Waals surface area contributed by atoms with Gasteiger partial charge in [-0.05, 0) is 30.7 Å². The maximum atomic E-state index is 11.6. The van der Waals surface area contributed by atoms with Gasteiger partial charge in [0, 0.05) is 13.1 Å². The maximum Gasteiger partial charge on any atom is 0.415 e. The van der Waals surface area contributed by atoms with Gasteiger partial charge in [0.05, 0.1) is 7.11 Å². The van der Waals surface area contributed by atoms with Gasteiger partial charge in [0.2, 0.25) is 0 Å². The van der Waals surface area contributed by atoms with Crippen LogP contribution in [0.15, 0.2) is 36.1 Å². The van der Waals surface area contributed by atoms with E-state index < -0.39 is 0 Å². The number of carbonyl (C=O) groups excluding carboxylic acids is 1. The summed E-state index contributed by atoms with van der Waals surface area (Å²) >= 11 is 0. The Labute approximate surface area is 100 Å². The van der Waals surface area contributed by atoms with Crippen molar-refractivity contribution in [3.8, 4) is 5.75 Å². The van der Waals surface area contributed by atoms with Crippen LogP contribution < -0.4 is 4.74 Å². The second kappa shape index (κ2) is 4.91. The fourth-order valence-corrected chi connectivity index (χ4v) is 1.64. The number of methoxy groups -OCH3 is 1. The van der Waals surface area contributed by atoms with Crippen molar-refractivity contribution in [3.05, 3.63) is 41.7 Å². The van der Waals surface area contributed by atoms with Crippen molar-refractivity contribution in [1.82, 2.24) is 4.90 Å². The third-order valence-electron chi connectivity index (χ3n) is 2.64. The number of ether oxygens (including phenoxy) is 2. The molecule has 0 fully saturated rings. The van der Waals surface area contributed by atoms with E-state index >= 15 is 0 Å². The molecule has 0 saturated heterocycles. The molecule has 0 spiro atoms. The Hall–Kier alpha value is -1.97. The van der Waals surface area contributed by atoms with E-state index in [1.165, 1.54) is 0 Å². The molecule has 1 aliphatic heterocycles. The van der Waals surface area contributed by atoms with Crippen molar-refractivity contribution in [2.45, 2.75) is 13.5 Å². The lowest BCUT2D eigenvalue weighted by Crippen LogP contribution is -2.34. The zero-order valence-corrected chi connectivity index (χ0v) is 9.97. The summed E-state index contributed by atoms with van der Waals surface area (Å²) in [5.41, 5.74) is 1.05. The van der Waals surface area contributed by atoms with E-state index in [1.54, 1.807) is 18.9 Å². The SMILES string of the molecule is COc1ccc(CN2CC=C(C)OC2=O)cc1. The van der Waals surface area contributed by atoms with E-state index in [4.69, 9.17) is 9.47 Å². The molecule has 90 valence electrons. The normalized spacial score (nSPS) is 15.3. The van der Waals surface area contributed by atoms with Crippen molar-refractivity contribution in [1.29, 1.82) is 0 Å². The first-order valence-corrected chi connectivity index (χ1v) is 5.45. The van der Waals surface area contributed by atoms with Crippen molar-refractivity contribution < 1.29 is 14.3 Å². The molecule has 0 atom stereocenters. The Morgan fingerprint density at radius 1 is 1.35 bits per heavy atom. The van der Waals surface area contributed by atoms with E-state index in [-0.39, 0.29) is 6.09 Å². The van der Waals surface area contributed by atoms with Crippen LogP contribution in [0.1, 0.15) is 12.5 Å². The molecule has 0 aromatic heterocycles. The molecule has 0 N–H and O–H groups in total. The van der Waals surface area contributed by atoms with E-state index in [9.17, 15) is 4.79 Å². The first-order valence-electron chi connectivity index (χ1n) is 5.45. The van der Waals surface area contributed by atoms with E-state index in [1.807, 2.05) is 30.3 Å². The molecular weight excluding hydrogens is 218 g/mol. The van der Waals surface area contributed by atoms with Gasteiger partial charge in [-0.1, -0.05) is 12.1 Å². The molecule has 0 aliphatic carbocycles. The highest BCUT2D eigenvalue weighted by Crippen LogP contribution is 2.16. The monoisotopic (exact) mass is 233 g/mol. The number of cyclic esters (lactones) is 1. The van der Waals surface area contributed by atoms with Crippen LogP contribution in [0.2, 0.25) is 0 Å². The van der Waals surface area contributed by atoms with Gasteiger partial charge in [-0.25, -0.2) is 4.79 Å². The first-order chi connectivity index (χ1) is 8.19. The lowest BCUT2D eigenvalue weighted by Gasteiger charge is -2.24. The number of nitrogens with zero attached hydrogens (tertiary/aromatic N) is 1. The van der Waals surface area contributed by atoms with Crippen LogP contribution in [0.5, 0.6) is 5.75 Å². The minimum absolute atomic E-state index is 0.291. The third-order valence-corrected chi connectivity index (χ3v) is 2.64. The molecule has 0 saturated carbocycles. The standard InChI is InChI=1S/C13H15NO3/c1-10-7-8-14(13(15)17-10)9-11-3-5-12(16-2)6-4-11/h3-7H,8-9H2,1-2H3. The lowest BCUT2D eigenvalue weighted by atomic mass is 10.2. The molecule has 1 aromatic carbocycles. The van der Waals surface area contributed by atoms with Gasteiger partial charge >= 0.3 is 6.09 Å². The van der Waals surface area contributed by atoms with Gasteiger partial charge in [0.15, 0.2) is 0 Å². The minimum Gasteiger partial charge on any atom is -0.497 e. The third kappa shape index (κ3) is 2.78. The number of rotatable bonds is 3. The number of amides is 1. The molecule has 0 radical (unpaired) electrons. The zero-order chi connectivity index (χ0) is 12.3. The van der Waals surface area contributed by atoms with Gasteiger partial charge in [-0.2, -0.15) is 0 Å². The molecule has 1 aliphatic rings. The second-order valence-electron chi connectivity index (χ2n) is 3.91. The molecule has 17 heavy (non-hydrogen) atoms. The molecule has 2 rings (SSSR count). The van der Waals surface area contributed by atoms with Crippen molar-refractivity contribution >= 4 is 6.09 Å². The molecule has 4 heteroatoms. The zero-order valence-electron chi connectivity index (χ0n) is 9.97. The first kappa shape index (κ1) is 11.5. The summed E-state index contributed by atoms with van der Waals surface area (Å²) in [6.07, 6.45) is 1.60. The van der Waals surface area contributed by atoms with Gasteiger partial charge in [0.25, 0.3) is 0 Å². The summed E-state index contributed by atoms with van der Waals surface area (Å²) in [4.78, 5) is 13.2. The average Bonchev–Trinajstić information content (AvgIpc) is 2.34. The number of carbonyl (C=O) groups is 1. The largest absolute Gasteiger partial charge is 0.497 e. The van der Waals surface area contributed by atoms with Crippen LogP contribution in [0, 0.1) is 0 Å². The Kier molecular flexibility index (Phi) is 3.32. The molecule has 1 heterocycles. The van der Waals surface area contributed by atoms with Gasteiger partial charge in [-0.3, -0.25) is 4.90 Å². The predicted octanol–water partition coefficient (Wildman–Crippen LogP) is 2.55. The summed E-state index contributed by atoms with van der Waals surface area (Å²) in [6.45, 7) is 2.92. The fourth-order valence-electron chi connectivity index (χ4n) is 1.64. The van der Waals surface area contributed by atoms with E-state index in [2.05, 4.69) is 0 Å². The summed E-state index contributed by atoms with van der Waals surface area (Å²) in [5, 5.41) is 0. The number of hydrogen-bond acceptors (Lipinski definition) is 3. The van der Waals surface area contributed by atoms with Gasteiger partial charge in [-0.15, -0.1) is 0 Å². The summed E-state index contributed by atoms with van der Waals surface area (Å²) in [5.74, 6) is 1.48. The summed E-state index contributed by atoms with van der Waals surface area (Å²) in [6, 6.07) is 7.64. The average molecular weight is 233 g/mol. The van der Waals surface area contributed by atoms with Gasteiger partial charge in [0.1, 0.15) is 11.5 Å². The quantitative estimate of drug-likeness (QED) is 0.805. The van der Waals surface area contributed by atoms with E-state index in [0.29, 0.717) is 18.8 Å². The molecule has 0 unspecified atom stereocenters. The Bertz CT molecular complexity index is 436. The maximum absolute atomic E-state index is 11.6. The molecule has 4 nitrogen and oxygen atoms in total. The Morgan fingerprint density at radius 3 is 2.65 bits per heavy atom. The van der Waals surface area contributed by atoms with Crippen LogP contribution in [-0.4, -0.2) is 24.6 Å². The smallest absolute Gasteiger partial charge is 0.415 e. The summed E-state index contributed by atoms with van der Waals surface area (Å²) in [7, 11) is 1.63. The number of allylic oxidation sites excluding steroid dienone is 1. The van der Waals surface area contributed by atoms with Crippen LogP contribution in [-0.2, 0) is 11.3 Å². The van der Waals surface area contributed by atoms with Crippen LogP contribution in [0.4, 0.5) is 4.79 Å². The van der Waals surface area contributed by atoms with E-state index in [0.717, 1.165) is 11.3 Å². The highest BCUT2D eigenvalue weighted by Gasteiger charge is 2.19. The van der Waals surface area contributed by atoms with Crippen molar-refractivity contribution in [2.75, 3.05) is 13.7 Å². The van der Waals surface area contributed by atoms with Crippen molar-refractivity contribution in [2.24, 2.45) is 0 Å². The van der Waals surface area contributed by atoms with Crippen LogP contribution >= 0.6 is 0 Å². The molecule has 1 aromatic rings. The highest BCUT2D eigenvalue weighted by atomic mass is 16.6.